The Morgan fingerprint density at radius 3 is 2.93 bits per heavy atom. The van der Waals surface area contributed by atoms with Gasteiger partial charge in [0.1, 0.15) is 11.8 Å². The minimum absolute atomic E-state index is 0.220. The van der Waals surface area contributed by atoms with Crippen molar-refractivity contribution in [1.82, 2.24) is 15.2 Å². The molecule has 2 aromatic rings. The van der Waals surface area contributed by atoms with Crippen molar-refractivity contribution < 1.29 is 0 Å². The Bertz CT molecular complexity index is 568. The number of aromatic amines is 1. The molecule has 72 valence electrons. The first-order valence-corrected chi connectivity index (χ1v) is 4.22. The van der Waals surface area contributed by atoms with Crippen LogP contribution in [-0.2, 0) is 0 Å². The van der Waals surface area contributed by atoms with Crippen molar-refractivity contribution in [2.75, 3.05) is 0 Å². The maximum Gasteiger partial charge on any atom is 0.265 e. The van der Waals surface area contributed by atoms with E-state index in [4.69, 9.17) is 5.26 Å². The highest BCUT2D eigenvalue weighted by Crippen LogP contribution is 2.15. The molecule has 0 aliphatic heterocycles. The van der Waals surface area contributed by atoms with E-state index in [1.807, 2.05) is 6.07 Å². The van der Waals surface area contributed by atoms with Gasteiger partial charge in [-0.05, 0) is 12.1 Å². The number of hydrogen-bond donors (Lipinski definition) is 1. The number of hydrogen-bond acceptors (Lipinski definition) is 4. The Balaban J connectivity index is 2.65. The zero-order valence-corrected chi connectivity index (χ0v) is 7.64. The predicted octanol–water partition coefficient (Wildman–Crippen LogP) is 0.704. The van der Waals surface area contributed by atoms with Gasteiger partial charge in [0, 0.05) is 12.3 Å². The van der Waals surface area contributed by atoms with Crippen molar-refractivity contribution in [3.8, 4) is 17.5 Å². The number of H-pyrrole nitrogens is 1. The highest BCUT2D eigenvalue weighted by Gasteiger charge is 2.07. The molecule has 0 spiro atoms. The molecule has 0 fully saturated rings. The van der Waals surface area contributed by atoms with Gasteiger partial charge in [0.05, 0.1) is 11.3 Å². The fourth-order valence-corrected chi connectivity index (χ4v) is 1.19. The van der Waals surface area contributed by atoms with Crippen LogP contribution in [0.3, 0.4) is 0 Å². The van der Waals surface area contributed by atoms with Crippen molar-refractivity contribution in [2.24, 2.45) is 0 Å². The second kappa shape index (κ2) is 3.72. The molecule has 2 heterocycles. The van der Waals surface area contributed by atoms with Gasteiger partial charge in [0.2, 0.25) is 0 Å². The molecule has 2 rings (SSSR count). The van der Waals surface area contributed by atoms with Crippen molar-refractivity contribution in [3.63, 3.8) is 0 Å². The Morgan fingerprint density at radius 1 is 1.40 bits per heavy atom. The van der Waals surface area contributed by atoms with Crippen molar-refractivity contribution in [2.45, 2.75) is 0 Å². The second-order valence-electron chi connectivity index (χ2n) is 2.82. The Morgan fingerprint density at radius 2 is 2.27 bits per heavy atom. The molecule has 0 atom stereocenters. The summed E-state index contributed by atoms with van der Waals surface area (Å²) in [6.45, 7) is 0. The van der Waals surface area contributed by atoms with Crippen LogP contribution in [0.5, 0.6) is 0 Å². The van der Waals surface area contributed by atoms with Gasteiger partial charge < -0.3 is 0 Å². The quantitative estimate of drug-likeness (QED) is 0.731. The number of nitrogens with one attached hydrogen (secondary N) is 1. The minimum Gasteiger partial charge on any atom is -0.268 e. The number of aromatic nitrogens is 3. The maximum absolute atomic E-state index is 10.9. The van der Waals surface area contributed by atoms with Crippen molar-refractivity contribution >= 4 is 0 Å². The lowest BCUT2D eigenvalue weighted by Gasteiger charge is -1.99. The van der Waals surface area contributed by atoms with Crippen LogP contribution in [0.1, 0.15) is 5.56 Å². The standard InChI is InChI=1S/C10H6N4O/c11-6-7-5-9(15)13-14-10(7)8-3-1-2-4-12-8/h1-5H,(H,13,15). The highest BCUT2D eigenvalue weighted by atomic mass is 16.1. The van der Waals surface area contributed by atoms with Crippen LogP contribution >= 0.6 is 0 Å². The van der Waals surface area contributed by atoms with Crippen molar-refractivity contribution in [1.29, 1.82) is 5.26 Å². The van der Waals surface area contributed by atoms with Crippen molar-refractivity contribution in [3.05, 3.63) is 46.4 Å². The van der Waals surface area contributed by atoms with Gasteiger partial charge >= 0.3 is 0 Å². The molecule has 15 heavy (non-hydrogen) atoms. The highest BCUT2D eigenvalue weighted by molar-refractivity contribution is 5.61. The van der Waals surface area contributed by atoms with Crippen LogP contribution in [0, 0.1) is 11.3 Å². The average molecular weight is 198 g/mol. The summed E-state index contributed by atoms with van der Waals surface area (Å²) in [5.41, 5.74) is 0.770. The molecule has 2 aromatic heterocycles. The maximum atomic E-state index is 10.9. The van der Waals surface area contributed by atoms with Crippen LogP contribution in [-0.4, -0.2) is 15.2 Å². The molecule has 0 aliphatic carbocycles. The van der Waals surface area contributed by atoms with Gasteiger partial charge in [0.25, 0.3) is 5.56 Å². The summed E-state index contributed by atoms with van der Waals surface area (Å²) in [5.74, 6) is 0. The van der Waals surface area contributed by atoms with E-state index in [-0.39, 0.29) is 5.56 Å². The normalized spacial score (nSPS) is 9.53. The van der Waals surface area contributed by atoms with E-state index in [2.05, 4.69) is 15.2 Å². The van der Waals surface area contributed by atoms with Gasteiger partial charge in [-0.15, -0.1) is 0 Å². The molecule has 0 bridgehead atoms. The summed E-state index contributed by atoms with van der Waals surface area (Å²) >= 11 is 0. The summed E-state index contributed by atoms with van der Waals surface area (Å²) in [6, 6.07) is 8.39. The summed E-state index contributed by atoms with van der Waals surface area (Å²) in [7, 11) is 0. The number of rotatable bonds is 1. The van der Waals surface area contributed by atoms with Gasteiger partial charge in [-0.1, -0.05) is 6.07 Å². The molecule has 0 aliphatic rings. The molecular weight excluding hydrogens is 192 g/mol. The number of nitriles is 1. The Hall–Kier alpha value is -2.48. The number of pyridine rings is 1. The molecule has 0 unspecified atom stereocenters. The monoisotopic (exact) mass is 198 g/mol. The van der Waals surface area contributed by atoms with Gasteiger partial charge in [-0.3, -0.25) is 9.78 Å². The van der Waals surface area contributed by atoms with Crippen LogP contribution in [0.4, 0.5) is 0 Å². The number of nitrogens with zero attached hydrogens (tertiary/aromatic N) is 3. The van der Waals surface area contributed by atoms with E-state index in [0.29, 0.717) is 11.4 Å². The van der Waals surface area contributed by atoms with E-state index in [1.165, 1.54) is 6.07 Å². The fourth-order valence-electron chi connectivity index (χ4n) is 1.19. The van der Waals surface area contributed by atoms with Crippen LogP contribution in [0.15, 0.2) is 35.3 Å². The first-order valence-electron chi connectivity index (χ1n) is 4.22. The van der Waals surface area contributed by atoms with E-state index in [0.717, 1.165) is 0 Å². The third-order valence-corrected chi connectivity index (χ3v) is 1.84. The van der Waals surface area contributed by atoms with E-state index in [1.54, 1.807) is 24.4 Å². The molecule has 0 radical (unpaired) electrons. The first kappa shape index (κ1) is 9.09. The Kier molecular flexibility index (Phi) is 2.25. The third kappa shape index (κ3) is 1.74. The molecule has 0 saturated heterocycles. The van der Waals surface area contributed by atoms with Crippen LogP contribution < -0.4 is 5.56 Å². The lowest BCUT2D eigenvalue weighted by molar-refractivity contribution is 0.983. The third-order valence-electron chi connectivity index (χ3n) is 1.84. The zero-order valence-electron chi connectivity index (χ0n) is 7.64. The smallest absolute Gasteiger partial charge is 0.265 e. The summed E-state index contributed by atoms with van der Waals surface area (Å²) in [6.07, 6.45) is 1.60. The molecule has 0 amide bonds. The van der Waals surface area contributed by atoms with Crippen LogP contribution in [0.2, 0.25) is 0 Å². The zero-order chi connectivity index (χ0) is 10.7. The van der Waals surface area contributed by atoms with E-state index < -0.39 is 5.56 Å². The second-order valence-corrected chi connectivity index (χ2v) is 2.82. The van der Waals surface area contributed by atoms with E-state index in [9.17, 15) is 4.79 Å². The van der Waals surface area contributed by atoms with Gasteiger partial charge in [-0.2, -0.15) is 10.4 Å². The van der Waals surface area contributed by atoms with E-state index >= 15 is 0 Å². The summed E-state index contributed by atoms with van der Waals surface area (Å²) in [4.78, 5) is 15.0. The Labute approximate surface area is 85.0 Å². The lowest BCUT2D eigenvalue weighted by atomic mass is 10.1. The molecule has 0 saturated carbocycles. The molecule has 5 nitrogen and oxygen atoms in total. The first-order chi connectivity index (χ1) is 7.31. The van der Waals surface area contributed by atoms with Crippen LogP contribution in [0.25, 0.3) is 11.4 Å². The molecular formula is C10H6N4O. The fraction of sp³-hybridized carbons (Fsp3) is 0. The van der Waals surface area contributed by atoms with Gasteiger partial charge in [-0.25, -0.2) is 5.10 Å². The largest absolute Gasteiger partial charge is 0.268 e. The predicted molar refractivity (Wildman–Crippen MR) is 52.8 cm³/mol. The minimum atomic E-state index is -0.397. The summed E-state index contributed by atoms with van der Waals surface area (Å²) < 4.78 is 0. The summed E-state index contributed by atoms with van der Waals surface area (Å²) in [5, 5.41) is 14.9. The molecule has 0 aromatic carbocycles. The SMILES string of the molecule is N#Cc1cc(=O)[nH]nc1-c1ccccn1. The lowest BCUT2D eigenvalue weighted by Crippen LogP contribution is -2.09. The topological polar surface area (TPSA) is 82.4 Å². The molecule has 5 heteroatoms. The van der Waals surface area contributed by atoms with Gasteiger partial charge in [0.15, 0.2) is 0 Å². The molecule has 1 N–H and O–H groups in total. The average Bonchev–Trinajstić information content (AvgIpc) is 2.30.